The number of H-pyrrole nitrogens is 1. The molecule has 4 aromatic rings. The fourth-order valence-electron chi connectivity index (χ4n) is 3.45. The van der Waals surface area contributed by atoms with E-state index in [9.17, 15) is 14.7 Å². The van der Waals surface area contributed by atoms with Crippen LogP contribution in [0.25, 0.3) is 21.9 Å². The highest BCUT2D eigenvalue weighted by atomic mass is 35.5. The lowest BCUT2D eigenvalue weighted by atomic mass is 10.1. The Hall–Kier alpha value is -3.23. The Morgan fingerprint density at radius 2 is 1.87 bits per heavy atom. The monoisotopic (exact) mass is 439 g/mol. The first-order chi connectivity index (χ1) is 14.7. The molecule has 0 aliphatic carbocycles. The molecule has 31 heavy (non-hydrogen) atoms. The van der Waals surface area contributed by atoms with Gasteiger partial charge in [0.25, 0.3) is 11.1 Å². The molecule has 0 aliphatic rings. The van der Waals surface area contributed by atoms with Crippen molar-refractivity contribution in [3.63, 3.8) is 0 Å². The molecule has 4 rings (SSSR count). The Kier molecular flexibility index (Phi) is 5.51. The van der Waals surface area contributed by atoms with Gasteiger partial charge in [-0.05, 0) is 43.2 Å². The van der Waals surface area contributed by atoms with Gasteiger partial charge >= 0.3 is 0 Å². The van der Waals surface area contributed by atoms with Gasteiger partial charge in [0.15, 0.2) is 5.65 Å². The normalized spacial score (nSPS) is 13.6. The van der Waals surface area contributed by atoms with Gasteiger partial charge in [0, 0.05) is 39.1 Å². The molecule has 1 aromatic carbocycles. The van der Waals surface area contributed by atoms with Crippen LogP contribution in [0.4, 0.5) is 5.95 Å². The molecule has 3 heterocycles. The van der Waals surface area contributed by atoms with Crippen molar-refractivity contribution >= 4 is 39.5 Å². The number of hydrogen-bond acceptors (Lipinski definition) is 6. The van der Waals surface area contributed by atoms with Crippen LogP contribution in [0.15, 0.2) is 52.2 Å². The maximum Gasteiger partial charge on any atom is 0.254 e. The molecule has 0 radical (unpaired) electrons. The summed E-state index contributed by atoms with van der Waals surface area (Å²) in [6.07, 6.45) is 0.551. The van der Waals surface area contributed by atoms with Gasteiger partial charge in [-0.3, -0.25) is 14.2 Å². The molecule has 0 saturated carbocycles. The molecular formula is C22H22ClN5O3. The molecule has 1 unspecified atom stereocenters. The summed E-state index contributed by atoms with van der Waals surface area (Å²) in [4.78, 5) is 36.6. The maximum absolute atomic E-state index is 12.6. The van der Waals surface area contributed by atoms with E-state index >= 15 is 0 Å². The van der Waals surface area contributed by atoms with Gasteiger partial charge in [-0.15, -0.1) is 0 Å². The minimum absolute atomic E-state index is 0.184. The molecule has 0 saturated heterocycles. The van der Waals surface area contributed by atoms with Crippen LogP contribution in [0.3, 0.4) is 0 Å². The van der Waals surface area contributed by atoms with E-state index in [4.69, 9.17) is 11.6 Å². The summed E-state index contributed by atoms with van der Waals surface area (Å²) in [6, 6.07) is 9.60. The minimum Gasteiger partial charge on any atom is -0.373 e. The third-order valence-electron chi connectivity index (χ3n) is 5.17. The van der Waals surface area contributed by atoms with Gasteiger partial charge in [0.05, 0.1) is 6.04 Å². The van der Waals surface area contributed by atoms with E-state index < -0.39 is 12.3 Å². The summed E-state index contributed by atoms with van der Waals surface area (Å²) in [6.45, 7) is 5.45. The molecule has 3 N–H and O–H groups in total. The third-order valence-corrected chi connectivity index (χ3v) is 5.41. The van der Waals surface area contributed by atoms with Gasteiger partial charge in [0.1, 0.15) is 6.23 Å². The van der Waals surface area contributed by atoms with Gasteiger partial charge in [-0.1, -0.05) is 25.4 Å². The van der Waals surface area contributed by atoms with Crippen LogP contribution < -0.4 is 16.4 Å². The largest absolute Gasteiger partial charge is 0.373 e. The van der Waals surface area contributed by atoms with Gasteiger partial charge in [-0.25, -0.2) is 4.98 Å². The highest BCUT2D eigenvalue weighted by Gasteiger charge is 2.18. The van der Waals surface area contributed by atoms with E-state index in [2.05, 4.69) is 20.3 Å². The van der Waals surface area contributed by atoms with Crippen molar-refractivity contribution in [2.75, 3.05) is 5.32 Å². The topological polar surface area (TPSA) is 113 Å². The van der Waals surface area contributed by atoms with Crippen molar-refractivity contribution in [1.82, 2.24) is 19.5 Å². The first kappa shape index (κ1) is 21.0. The van der Waals surface area contributed by atoms with Crippen LogP contribution in [0, 0.1) is 5.92 Å². The maximum atomic E-state index is 12.6. The van der Waals surface area contributed by atoms with Gasteiger partial charge in [0.2, 0.25) is 5.95 Å². The molecular weight excluding hydrogens is 418 g/mol. The zero-order chi connectivity index (χ0) is 22.3. The van der Waals surface area contributed by atoms with Gasteiger partial charge in [-0.2, -0.15) is 4.98 Å². The number of hydrogen-bond donors (Lipinski definition) is 3. The number of fused-ring (bicyclic) bond motifs is 2. The van der Waals surface area contributed by atoms with Gasteiger partial charge < -0.3 is 15.4 Å². The number of pyridine rings is 2. The molecule has 160 valence electrons. The Morgan fingerprint density at radius 3 is 2.61 bits per heavy atom. The fraction of sp³-hybridized carbons (Fsp3) is 0.273. The number of aliphatic hydroxyl groups excluding tert-OH is 1. The Bertz CT molecular complexity index is 1400. The first-order valence-electron chi connectivity index (χ1n) is 9.90. The van der Waals surface area contributed by atoms with E-state index in [0.29, 0.717) is 27.1 Å². The lowest BCUT2D eigenvalue weighted by Crippen LogP contribution is -2.28. The lowest BCUT2D eigenvalue weighted by molar-refractivity contribution is 0.0572. The second-order valence-electron chi connectivity index (χ2n) is 7.82. The number of halogens is 1. The second-order valence-corrected chi connectivity index (χ2v) is 8.26. The predicted molar refractivity (Wildman–Crippen MR) is 122 cm³/mol. The van der Waals surface area contributed by atoms with Crippen molar-refractivity contribution in [1.29, 1.82) is 0 Å². The number of rotatable bonds is 5. The number of anilines is 1. The molecule has 0 amide bonds. The number of aromatic nitrogens is 4. The molecule has 3 aromatic heterocycles. The number of benzene rings is 1. The Morgan fingerprint density at radius 1 is 1.10 bits per heavy atom. The van der Waals surface area contributed by atoms with E-state index in [-0.39, 0.29) is 23.0 Å². The van der Waals surface area contributed by atoms with Crippen molar-refractivity contribution in [3.05, 3.63) is 73.9 Å². The Labute approximate surface area is 182 Å². The zero-order valence-corrected chi connectivity index (χ0v) is 18.0. The predicted octanol–water partition coefficient (Wildman–Crippen LogP) is 3.61. The molecule has 0 aliphatic heterocycles. The summed E-state index contributed by atoms with van der Waals surface area (Å²) in [5, 5.41) is 15.6. The van der Waals surface area contributed by atoms with Crippen LogP contribution in [0.1, 0.15) is 38.6 Å². The van der Waals surface area contributed by atoms with Crippen molar-refractivity contribution in [2.45, 2.75) is 33.0 Å². The number of nitrogens with zero attached hydrogens (tertiary/aromatic N) is 3. The standard InChI is InChI=1S/C22H22ClN5O3/c1-11(2)21(31)28-18(29)7-4-13-10-24-22(27-19(13)28)25-12(3)16-9-14-8-15(23)5-6-17(14)26-20(16)30/h4-12,21,31H,1-3H3,(H,26,30)(H,24,25,27)/t12-,21?/m0/s1. The Balaban J connectivity index is 1.74. The number of aromatic amines is 1. The van der Waals surface area contributed by atoms with Crippen LogP contribution in [0.5, 0.6) is 0 Å². The van der Waals surface area contributed by atoms with E-state index in [1.165, 1.54) is 10.6 Å². The average molecular weight is 440 g/mol. The minimum atomic E-state index is -1.02. The van der Waals surface area contributed by atoms with E-state index in [0.717, 1.165) is 5.39 Å². The van der Waals surface area contributed by atoms with E-state index in [1.807, 2.05) is 20.8 Å². The number of aliphatic hydroxyl groups is 1. The molecule has 0 spiro atoms. The van der Waals surface area contributed by atoms with Crippen LogP contribution in [-0.4, -0.2) is 24.6 Å². The molecule has 8 nitrogen and oxygen atoms in total. The third kappa shape index (κ3) is 4.04. The first-order valence-corrected chi connectivity index (χ1v) is 10.3. The lowest BCUT2D eigenvalue weighted by Gasteiger charge is -2.20. The van der Waals surface area contributed by atoms with E-state index in [1.54, 1.807) is 36.5 Å². The smallest absolute Gasteiger partial charge is 0.254 e. The summed E-state index contributed by atoms with van der Waals surface area (Å²) in [5.74, 6) is 0.0532. The molecule has 0 fully saturated rings. The molecule has 0 bridgehead atoms. The SMILES string of the molecule is CC(C)C(O)n1c(=O)ccc2cnc(N[C@@H](C)c3cc4cc(Cl)ccc4[nH]c3=O)nc21. The number of nitrogens with one attached hydrogen (secondary N) is 2. The van der Waals surface area contributed by atoms with Crippen molar-refractivity contribution in [3.8, 4) is 0 Å². The van der Waals surface area contributed by atoms with Crippen LogP contribution in [-0.2, 0) is 0 Å². The quantitative estimate of drug-likeness (QED) is 0.438. The highest BCUT2D eigenvalue weighted by molar-refractivity contribution is 6.31. The fourth-order valence-corrected chi connectivity index (χ4v) is 3.63. The second kappa shape index (κ2) is 8.13. The van der Waals surface area contributed by atoms with Crippen LogP contribution >= 0.6 is 11.6 Å². The summed E-state index contributed by atoms with van der Waals surface area (Å²) >= 11 is 6.07. The molecule has 9 heteroatoms. The summed E-state index contributed by atoms with van der Waals surface area (Å²) < 4.78 is 1.25. The van der Waals surface area contributed by atoms with Crippen molar-refractivity contribution < 1.29 is 5.11 Å². The summed E-state index contributed by atoms with van der Waals surface area (Å²) in [5.41, 5.74) is 0.916. The summed E-state index contributed by atoms with van der Waals surface area (Å²) in [7, 11) is 0. The average Bonchev–Trinajstić information content (AvgIpc) is 2.72. The van der Waals surface area contributed by atoms with Crippen molar-refractivity contribution in [2.24, 2.45) is 5.92 Å². The molecule has 2 atom stereocenters. The highest BCUT2D eigenvalue weighted by Crippen LogP contribution is 2.22. The zero-order valence-electron chi connectivity index (χ0n) is 17.3. The van der Waals surface area contributed by atoms with Crippen LogP contribution in [0.2, 0.25) is 5.02 Å².